The van der Waals surface area contributed by atoms with E-state index in [0.29, 0.717) is 11.9 Å². The molecule has 16 heavy (non-hydrogen) atoms. The lowest BCUT2D eigenvalue weighted by molar-refractivity contribution is -0.158. The van der Waals surface area contributed by atoms with Gasteiger partial charge >= 0.3 is 6.11 Å². The first-order chi connectivity index (χ1) is 7.40. The SMILES string of the molecule is CC.CCc1cc(Cl)cc(OC(C)(F)F)c1. The van der Waals surface area contributed by atoms with Crippen LogP contribution in [0.1, 0.15) is 33.3 Å². The number of rotatable bonds is 3. The van der Waals surface area contributed by atoms with Gasteiger partial charge in [-0.2, -0.15) is 8.78 Å². The van der Waals surface area contributed by atoms with Crippen LogP contribution in [0.2, 0.25) is 5.02 Å². The minimum absolute atomic E-state index is 0.0989. The standard InChI is InChI=1S/C10H11ClF2O.C2H6/c1-3-7-4-8(11)6-9(5-7)14-10(2,12)13;1-2/h4-6H,3H2,1-2H3;1-2H3. The van der Waals surface area contributed by atoms with Crippen LogP contribution >= 0.6 is 11.6 Å². The maximum Gasteiger partial charge on any atom is 0.394 e. The number of hydrogen-bond donors (Lipinski definition) is 0. The second kappa shape index (κ2) is 6.69. The lowest BCUT2D eigenvalue weighted by Crippen LogP contribution is -2.19. The monoisotopic (exact) mass is 250 g/mol. The molecule has 0 bridgehead atoms. The predicted octanol–water partition coefficient (Wildman–Crippen LogP) is 4.92. The van der Waals surface area contributed by atoms with Crippen molar-refractivity contribution >= 4 is 11.6 Å². The summed E-state index contributed by atoms with van der Waals surface area (Å²) in [7, 11) is 0. The van der Waals surface area contributed by atoms with Gasteiger partial charge in [-0.05, 0) is 30.2 Å². The third kappa shape index (κ3) is 5.91. The number of aryl methyl sites for hydroxylation is 1. The fourth-order valence-electron chi connectivity index (χ4n) is 1.09. The van der Waals surface area contributed by atoms with Crippen LogP contribution < -0.4 is 4.74 Å². The van der Waals surface area contributed by atoms with Gasteiger partial charge < -0.3 is 4.74 Å². The Morgan fingerprint density at radius 2 is 1.81 bits per heavy atom. The first-order valence-electron chi connectivity index (χ1n) is 5.27. The van der Waals surface area contributed by atoms with Crippen LogP contribution in [0, 0.1) is 0 Å². The molecule has 0 aliphatic heterocycles. The first kappa shape index (κ1) is 15.2. The average Bonchev–Trinajstić information content (AvgIpc) is 2.17. The van der Waals surface area contributed by atoms with Crippen molar-refractivity contribution < 1.29 is 13.5 Å². The van der Waals surface area contributed by atoms with Gasteiger partial charge in [-0.25, -0.2) is 0 Å². The van der Waals surface area contributed by atoms with Crippen molar-refractivity contribution in [3.8, 4) is 5.75 Å². The van der Waals surface area contributed by atoms with E-state index >= 15 is 0 Å². The summed E-state index contributed by atoms with van der Waals surface area (Å²) in [5.41, 5.74) is 0.872. The third-order valence-corrected chi connectivity index (χ3v) is 1.85. The maximum absolute atomic E-state index is 12.5. The summed E-state index contributed by atoms with van der Waals surface area (Å²) in [6, 6.07) is 4.66. The lowest BCUT2D eigenvalue weighted by Gasteiger charge is -2.13. The minimum atomic E-state index is -3.17. The zero-order valence-corrected chi connectivity index (χ0v) is 10.7. The lowest BCUT2D eigenvalue weighted by atomic mass is 10.2. The van der Waals surface area contributed by atoms with Gasteiger partial charge in [0.25, 0.3) is 0 Å². The van der Waals surface area contributed by atoms with Crippen molar-refractivity contribution in [2.75, 3.05) is 0 Å². The predicted molar refractivity (Wildman–Crippen MR) is 63.4 cm³/mol. The summed E-state index contributed by atoms with van der Waals surface area (Å²) in [5, 5.41) is 0.406. The molecule has 4 heteroatoms. The van der Waals surface area contributed by atoms with Crippen LogP contribution in [0.25, 0.3) is 0 Å². The van der Waals surface area contributed by atoms with Crippen LogP contribution in [0.3, 0.4) is 0 Å². The first-order valence-corrected chi connectivity index (χ1v) is 5.65. The number of ether oxygens (including phenoxy) is 1. The summed E-state index contributed by atoms with van der Waals surface area (Å²) in [5.74, 6) is 0.0989. The smallest absolute Gasteiger partial charge is 0.394 e. The fourth-order valence-corrected chi connectivity index (χ4v) is 1.34. The summed E-state index contributed by atoms with van der Waals surface area (Å²) in [6.07, 6.45) is -2.44. The van der Waals surface area contributed by atoms with E-state index in [0.717, 1.165) is 12.0 Å². The Morgan fingerprint density at radius 3 is 2.25 bits per heavy atom. The Morgan fingerprint density at radius 1 is 1.25 bits per heavy atom. The maximum atomic E-state index is 12.5. The Hall–Kier alpha value is -0.830. The summed E-state index contributed by atoms with van der Waals surface area (Å²) in [4.78, 5) is 0. The Balaban J connectivity index is 0.00000106. The van der Waals surface area contributed by atoms with Crippen molar-refractivity contribution in [2.45, 2.75) is 40.2 Å². The highest BCUT2D eigenvalue weighted by molar-refractivity contribution is 6.30. The largest absolute Gasteiger partial charge is 0.433 e. The van der Waals surface area contributed by atoms with Gasteiger partial charge in [-0.3, -0.25) is 0 Å². The van der Waals surface area contributed by atoms with Crippen molar-refractivity contribution in [3.63, 3.8) is 0 Å². The van der Waals surface area contributed by atoms with Gasteiger partial charge in [-0.1, -0.05) is 32.4 Å². The van der Waals surface area contributed by atoms with Gasteiger partial charge in [0.1, 0.15) is 5.75 Å². The van der Waals surface area contributed by atoms with Crippen LogP contribution in [0.5, 0.6) is 5.75 Å². The highest BCUT2D eigenvalue weighted by Crippen LogP contribution is 2.26. The average molecular weight is 251 g/mol. The van der Waals surface area contributed by atoms with E-state index in [1.807, 2.05) is 20.8 Å². The molecule has 1 rings (SSSR count). The molecule has 0 saturated carbocycles. The van der Waals surface area contributed by atoms with Gasteiger partial charge in [-0.15, -0.1) is 0 Å². The molecule has 92 valence electrons. The van der Waals surface area contributed by atoms with E-state index in [1.54, 1.807) is 12.1 Å². The summed E-state index contributed by atoms with van der Waals surface area (Å²) >= 11 is 5.73. The molecule has 1 nitrogen and oxygen atoms in total. The zero-order chi connectivity index (χ0) is 12.8. The number of halogens is 3. The van der Waals surface area contributed by atoms with E-state index in [1.165, 1.54) is 6.07 Å². The minimum Gasteiger partial charge on any atom is -0.433 e. The van der Waals surface area contributed by atoms with Gasteiger partial charge in [0.05, 0.1) is 0 Å². The Kier molecular flexibility index (Phi) is 6.34. The molecule has 0 fully saturated rings. The molecule has 0 aromatic heterocycles. The molecular weight excluding hydrogens is 234 g/mol. The summed E-state index contributed by atoms with van der Waals surface area (Å²) in [6.45, 7) is 6.61. The molecule has 0 aliphatic rings. The quantitative estimate of drug-likeness (QED) is 0.740. The third-order valence-electron chi connectivity index (χ3n) is 1.64. The van der Waals surface area contributed by atoms with Crippen LogP contribution in [0.15, 0.2) is 18.2 Å². The van der Waals surface area contributed by atoms with E-state index in [4.69, 9.17) is 11.6 Å². The van der Waals surface area contributed by atoms with Gasteiger partial charge in [0.15, 0.2) is 0 Å². The highest BCUT2D eigenvalue weighted by atomic mass is 35.5. The van der Waals surface area contributed by atoms with Gasteiger partial charge in [0.2, 0.25) is 0 Å². The molecule has 0 radical (unpaired) electrons. The molecule has 0 N–H and O–H groups in total. The fraction of sp³-hybridized carbons (Fsp3) is 0.500. The molecule has 0 aliphatic carbocycles. The Labute approximate surface area is 100 Å². The zero-order valence-electron chi connectivity index (χ0n) is 9.98. The van der Waals surface area contributed by atoms with Crippen molar-refractivity contribution in [1.82, 2.24) is 0 Å². The Bertz CT molecular complexity index is 321. The van der Waals surface area contributed by atoms with Crippen molar-refractivity contribution in [3.05, 3.63) is 28.8 Å². The molecular formula is C12H17ClF2O. The van der Waals surface area contributed by atoms with E-state index in [2.05, 4.69) is 4.74 Å². The van der Waals surface area contributed by atoms with Crippen molar-refractivity contribution in [1.29, 1.82) is 0 Å². The van der Waals surface area contributed by atoms with E-state index in [9.17, 15) is 8.78 Å². The number of benzene rings is 1. The van der Waals surface area contributed by atoms with E-state index < -0.39 is 6.11 Å². The van der Waals surface area contributed by atoms with Gasteiger partial charge in [0, 0.05) is 11.9 Å². The second-order valence-electron chi connectivity index (χ2n) is 3.06. The van der Waals surface area contributed by atoms with Crippen molar-refractivity contribution in [2.24, 2.45) is 0 Å². The molecule has 0 atom stereocenters. The van der Waals surface area contributed by atoms with Crippen LogP contribution in [0.4, 0.5) is 8.78 Å². The van der Waals surface area contributed by atoms with Crippen LogP contribution in [-0.4, -0.2) is 6.11 Å². The van der Waals surface area contributed by atoms with Crippen LogP contribution in [-0.2, 0) is 6.42 Å². The topological polar surface area (TPSA) is 9.23 Å². The summed E-state index contributed by atoms with van der Waals surface area (Å²) < 4.78 is 29.4. The molecule has 1 aromatic rings. The number of alkyl halides is 2. The second-order valence-corrected chi connectivity index (χ2v) is 3.50. The molecule has 0 saturated heterocycles. The molecule has 0 spiro atoms. The highest BCUT2D eigenvalue weighted by Gasteiger charge is 2.23. The normalized spacial score (nSPS) is 10.4. The van der Waals surface area contributed by atoms with E-state index in [-0.39, 0.29) is 5.75 Å². The molecule has 1 aromatic carbocycles. The molecule has 0 heterocycles. The molecule has 0 amide bonds. The number of hydrogen-bond acceptors (Lipinski definition) is 1. The molecule has 0 unspecified atom stereocenters.